The number of ether oxygens (including phenoxy) is 1. The van der Waals surface area contributed by atoms with Crippen LogP contribution in [0.25, 0.3) is 0 Å². The Morgan fingerprint density at radius 2 is 1.82 bits per heavy atom. The first-order chi connectivity index (χ1) is 8.19. The normalized spacial score (nSPS) is 32.6. The molecule has 0 aromatic carbocycles. The molecule has 0 bridgehead atoms. The highest BCUT2D eigenvalue weighted by Crippen LogP contribution is 2.41. The van der Waals surface area contributed by atoms with Gasteiger partial charge in [-0.1, -0.05) is 13.3 Å². The molecule has 1 N–H and O–H groups in total. The molecule has 0 aliphatic carbocycles. The van der Waals surface area contributed by atoms with Gasteiger partial charge >= 0.3 is 8.56 Å². The van der Waals surface area contributed by atoms with Crippen LogP contribution in [0.5, 0.6) is 0 Å². The molecule has 0 aromatic heterocycles. The van der Waals surface area contributed by atoms with Crippen molar-refractivity contribution in [3.63, 3.8) is 0 Å². The second-order valence-electron chi connectivity index (χ2n) is 4.74. The molecular formula is C12H27NO3Si. The lowest BCUT2D eigenvalue weighted by molar-refractivity contribution is 0.0501. The summed E-state index contributed by atoms with van der Waals surface area (Å²) in [4.78, 5) is 0. The van der Waals surface area contributed by atoms with Crippen LogP contribution in [0.1, 0.15) is 32.6 Å². The molecule has 17 heavy (non-hydrogen) atoms. The van der Waals surface area contributed by atoms with E-state index in [1.54, 1.807) is 21.3 Å². The van der Waals surface area contributed by atoms with Gasteiger partial charge in [0.25, 0.3) is 0 Å². The molecule has 0 amide bonds. The molecule has 1 aliphatic heterocycles. The summed E-state index contributed by atoms with van der Waals surface area (Å²) in [5.41, 5.74) is 0.616. The van der Waals surface area contributed by atoms with E-state index in [0.29, 0.717) is 11.6 Å². The lowest BCUT2D eigenvalue weighted by Crippen LogP contribution is -2.66. The summed E-state index contributed by atoms with van der Waals surface area (Å²) in [7, 11) is 5.04. The monoisotopic (exact) mass is 261 g/mol. The Kier molecular flexibility index (Phi) is 6.09. The maximum atomic E-state index is 5.88. The minimum Gasteiger partial charge on any atom is -0.396 e. The molecule has 1 rings (SSSR count). The average Bonchev–Trinajstić information content (AvgIpc) is 2.38. The zero-order valence-corrected chi connectivity index (χ0v) is 12.8. The summed E-state index contributed by atoms with van der Waals surface area (Å²) >= 11 is 0. The standard InChI is InChI=1S/C12H27NO3Si/c1-6-7-10-8-9-11(13-2)12(14-3)17(10,15-4)16-5/h10-13H,6-9H2,1-5H3. The van der Waals surface area contributed by atoms with Gasteiger partial charge in [0.1, 0.15) is 5.73 Å². The van der Waals surface area contributed by atoms with Crippen molar-refractivity contribution < 1.29 is 13.6 Å². The van der Waals surface area contributed by atoms with E-state index in [4.69, 9.17) is 13.6 Å². The Morgan fingerprint density at radius 3 is 2.24 bits per heavy atom. The van der Waals surface area contributed by atoms with E-state index >= 15 is 0 Å². The molecule has 1 saturated heterocycles. The van der Waals surface area contributed by atoms with Gasteiger partial charge in [0.15, 0.2) is 0 Å². The van der Waals surface area contributed by atoms with Crippen LogP contribution in [0.3, 0.4) is 0 Å². The quantitative estimate of drug-likeness (QED) is 0.741. The van der Waals surface area contributed by atoms with Gasteiger partial charge in [-0.3, -0.25) is 0 Å². The summed E-state index contributed by atoms with van der Waals surface area (Å²) in [5.74, 6) is 0. The number of nitrogens with one attached hydrogen (secondary N) is 1. The maximum absolute atomic E-state index is 5.88. The van der Waals surface area contributed by atoms with Crippen LogP contribution in [0, 0.1) is 0 Å². The SMILES string of the molecule is CCCC1CCC(NC)C(OC)[Si]1(OC)OC. The van der Waals surface area contributed by atoms with Crippen molar-refractivity contribution in [2.75, 3.05) is 28.4 Å². The molecule has 5 heteroatoms. The minimum atomic E-state index is -2.28. The number of methoxy groups -OCH3 is 1. The molecule has 0 saturated carbocycles. The lowest BCUT2D eigenvalue weighted by Gasteiger charge is -2.47. The Balaban J connectivity index is 2.97. The molecule has 3 unspecified atom stereocenters. The number of likely N-dealkylation sites (N-methyl/N-ethyl adjacent to an activating group) is 1. The maximum Gasteiger partial charge on any atom is 0.372 e. The molecule has 4 nitrogen and oxygen atoms in total. The fraction of sp³-hybridized carbons (Fsp3) is 1.00. The zero-order chi connectivity index (χ0) is 12.9. The largest absolute Gasteiger partial charge is 0.396 e. The van der Waals surface area contributed by atoms with Gasteiger partial charge < -0.3 is 18.9 Å². The van der Waals surface area contributed by atoms with Crippen LogP contribution in [-0.2, 0) is 13.6 Å². The Hall–Kier alpha value is 0.0569. The summed E-state index contributed by atoms with van der Waals surface area (Å²) in [5, 5.41) is 3.34. The average molecular weight is 261 g/mol. The summed E-state index contributed by atoms with van der Waals surface area (Å²) in [6.45, 7) is 2.22. The first kappa shape index (κ1) is 15.1. The van der Waals surface area contributed by atoms with Crippen molar-refractivity contribution in [3.8, 4) is 0 Å². The Labute approximate surface area is 106 Å². The molecule has 0 aromatic rings. The van der Waals surface area contributed by atoms with Crippen LogP contribution in [0.2, 0.25) is 5.54 Å². The van der Waals surface area contributed by atoms with E-state index in [1.807, 2.05) is 7.05 Å². The van der Waals surface area contributed by atoms with Gasteiger partial charge in [-0.05, 0) is 26.3 Å². The van der Waals surface area contributed by atoms with Crippen molar-refractivity contribution in [1.82, 2.24) is 5.32 Å². The van der Waals surface area contributed by atoms with Gasteiger partial charge in [-0.15, -0.1) is 0 Å². The molecule has 1 aliphatic rings. The van der Waals surface area contributed by atoms with E-state index in [2.05, 4.69) is 12.2 Å². The third-order valence-corrected chi connectivity index (χ3v) is 8.48. The number of rotatable bonds is 6. The zero-order valence-electron chi connectivity index (χ0n) is 11.8. The predicted molar refractivity (Wildman–Crippen MR) is 71.3 cm³/mol. The van der Waals surface area contributed by atoms with Gasteiger partial charge in [-0.25, -0.2) is 0 Å². The Bertz CT molecular complexity index is 224. The van der Waals surface area contributed by atoms with E-state index in [9.17, 15) is 0 Å². The molecule has 102 valence electrons. The van der Waals surface area contributed by atoms with Crippen molar-refractivity contribution in [2.24, 2.45) is 0 Å². The van der Waals surface area contributed by atoms with Crippen LogP contribution in [-0.4, -0.2) is 48.7 Å². The molecule has 1 heterocycles. The van der Waals surface area contributed by atoms with Gasteiger partial charge in [0.05, 0.1) is 0 Å². The fourth-order valence-corrected chi connectivity index (χ4v) is 7.46. The van der Waals surface area contributed by atoms with E-state index < -0.39 is 8.56 Å². The van der Waals surface area contributed by atoms with Gasteiger partial charge in [-0.2, -0.15) is 0 Å². The minimum absolute atomic E-state index is 0.0767. The van der Waals surface area contributed by atoms with Gasteiger partial charge in [0.2, 0.25) is 0 Å². The van der Waals surface area contributed by atoms with Crippen LogP contribution < -0.4 is 5.32 Å². The van der Waals surface area contributed by atoms with Crippen molar-refractivity contribution in [2.45, 2.75) is 49.9 Å². The van der Waals surface area contributed by atoms with Gasteiger partial charge in [0, 0.05) is 32.9 Å². The molecule has 0 radical (unpaired) electrons. The second kappa shape index (κ2) is 6.85. The topological polar surface area (TPSA) is 39.7 Å². The van der Waals surface area contributed by atoms with E-state index in [1.165, 1.54) is 19.3 Å². The lowest BCUT2D eigenvalue weighted by atomic mass is 10.1. The second-order valence-corrected chi connectivity index (χ2v) is 8.39. The smallest absolute Gasteiger partial charge is 0.372 e. The number of hydrogen-bond donors (Lipinski definition) is 1. The highest BCUT2D eigenvalue weighted by Gasteiger charge is 2.57. The fourth-order valence-electron chi connectivity index (χ4n) is 3.21. The first-order valence-corrected chi connectivity index (χ1v) is 8.47. The van der Waals surface area contributed by atoms with Crippen LogP contribution in [0.15, 0.2) is 0 Å². The molecular weight excluding hydrogens is 234 g/mol. The highest BCUT2D eigenvalue weighted by atomic mass is 28.4. The van der Waals surface area contributed by atoms with Crippen molar-refractivity contribution in [3.05, 3.63) is 0 Å². The molecule has 3 atom stereocenters. The van der Waals surface area contributed by atoms with Crippen LogP contribution in [0.4, 0.5) is 0 Å². The highest BCUT2D eigenvalue weighted by molar-refractivity contribution is 6.70. The summed E-state index contributed by atoms with van der Waals surface area (Å²) in [6.07, 6.45) is 4.66. The first-order valence-electron chi connectivity index (χ1n) is 6.50. The summed E-state index contributed by atoms with van der Waals surface area (Å²) in [6, 6.07) is 0.347. The third kappa shape index (κ3) is 2.74. The van der Waals surface area contributed by atoms with Crippen molar-refractivity contribution in [1.29, 1.82) is 0 Å². The van der Waals surface area contributed by atoms with E-state index in [0.717, 1.165) is 6.42 Å². The van der Waals surface area contributed by atoms with Crippen molar-refractivity contribution >= 4 is 8.56 Å². The van der Waals surface area contributed by atoms with E-state index in [-0.39, 0.29) is 5.73 Å². The third-order valence-electron chi connectivity index (χ3n) is 4.06. The van der Waals surface area contributed by atoms with Crippen LogP contribution >= 0.6 is 0 Å². The molecule has 0 spiro atoms. The predicted octanol–water partition coefficient (Wildman–Crippen LogP) is 1.83. The Morgan fingerprint density at radius 1 is 1.18 bits per heavy atom. The molecule has 1 fully saturated rings. The summed E-state index contributed by atoms with van der Waals surface area (Å²) < 4.78 is 17.5. The number of hydrogen-bond acceptors (Lipinski definition) is 4.